The summed E-state index contributed by atoms with van der Waals surface area (Å²) in [7, 11) is 0. The highest BCUT2D eigenvalue weighted by Crippen LogP contribution is 2.16. The van der Waals surface area contributed by atoms with E-state index in [0.29, 0.717) is 12.8 Å². The minimum atomic E-state index is -0.496. The van der Waals surface area contributed by atoms with Crippen LogP contribution >= 0.6 is 0 Å². The van der Waals surface area contributed by atoms with E-state index in [0.717, 1.165) is 0 Å². The number of carbonyl (C=O) groups is 1. The van der Waals surface area contributed by atoms with Crippen molar-refractivity contribution in [2.45, 2.75) is 32.2 Å². The Balaban J connectivity index is 2.50. The first-order chi connectivity index (χ1) is 9.00. The smallest absolute Gasteiger partial charge is 0.258 e. The van der Waals surface area contributed by atoms with Crippen molar-refractivity contribution in [1.82, 2.24) is 5.32 Å². The second-order valence-corrected chi connectivity index (χ2v) is 4.66. The summed E-state index contributed by atoms with van der Waals surface area (Å²) >= 11 is 0. The predicted molar refractivity (Wildman–Crippen MR) is 70.4 cm³/mol. The fourth-order valence-electron chi connectivity index (χ4n) is 1.65. The van der Waals surface area contributed by atoms with Crippen molar-refractivity contribution in [3.63, 3.8) is 0 Å². The molecule has 1 aromatic carbocycles. The third kappa shape index (κ3) is 4.87. The Morgan fingerprint density at radius 1 is 1.47 bits per heavy atom. The Hall–Kier alpha value is -1.62. The van der Waals surface area contributed by atoms with Crippen LogP contribution in [0.15, 0.2) is 24.3 Å². The van der Waals surface area contributed by atoms with Crippen molar-refractivity contribution in [1.29, 1.82) is 0 Å². The lowest BCUT2D eigenvalue weighted by atomic mass is 9.95. The lowest BCUT2D eigenvalue weighted by Crippen LogP contribution is -2.47. The number of ether oxygens (including phenoxy) is 1. The molecule has 4 nitrogen and oxygen atoms in total. The van der Waals surface area contributed by atoms with Gasteiger partial charge in [0.2, 0.25) is 0 Å². The zero-order valence-electron chi connectivity index (χ0n) is 11.3. The maximum atomic E-state index is 13.3. The largest absolute Gasteiger partial charge is 0.481 e. The van der Waals surface area contributed by atoms with Crippen molar-refractivity contribution in [2.24, 2.45) is 0 Å². The summed E-state index contributed by atoms with van der Waals surface area (Å²) in [6.45, 7) is 3.53. The second kappa shape index (κ2) is 7.09. The van der Waals surface area contributed by atoms with Crippen LogP contribution in [-0.2, 0) is 4.79 Å². The van der Waals surface area contributed by atoms with Gasteiger partial charge in [0, 0.05) is 12.1 Å². The first-order valence-electron chi connectivity index (χ1n) is 6.30. The number of hydrogen-bond acceptors (Lipinski definition) is 3. The third-order valence-electron chi connectivity index (χ3n) is 3.08. The molecule has 5 heteroatoms. The minimum absolute atomic E-state index is 0.00120. The number of aliphatic hydroxyl groups is 1. The molecule has 0 heterocycles. The molecule has 1 amide bonds. The quantitative estimate of drug-likeness (QED) is 0.794. The van der Waals surface area contributed by atoms with Crippen LogP contribution in [0.5, 0.6) is 5.75 Å². The summed E-state index contributed by atoms with van der Waals surface area (Å²) in [6, 6.07) is 5.93. The molecule has 0 saturated heterocycles. The van der Waals surface area contributed by atoms with Crippen LogP contribution in [0, 0.1) is 5.82 Å². The van der Waals surface area contributed by atoms with E-state index in [1.54, 1.807) is 12.1 Å². The molecule has 0 radical (unpaired) electrons. The molecular weight excluding hydrogens is 249 g/mol. The van der Waals surface area contributed by atoms with Gasteiger partial charge in [-0.3, -0.25) is 4.79 Å². The van der Waals surface area contributed by atoms with E-state index in [-0.39, 0.29) is 24.9 Å². The highest BCUT2D eigenvalue weighted by Gasteiger charge is 2.23. The fraction of sp³-hybridized carbons (Fsp3) is 0.500. The molecule has 0 bridgehead atoms. The SMILES string of the molecule is CCC(C)(CCO)NC(=O)COc1ccccc1F. The van der Waals surface area contributed by atoms with Crippen molar-refractivity contribution < 1.29 is 19.0 Å². The van der Waals surface area contributed by atoms with Crippen molar-refractivity contribution >= 4 is 5.91 Å². The van der Waals surface area contributed by atoms with Crippen LogP contribution in [0.4, 0.5) is 4.39 Å². The summed E-state index contributed by atoms with van der Waals surface area (Å²) in [5.74, 6) is -0.775. The number of para-hydroxylation sites is 1. The monoisotopic (exact) mass is 269 g/mol. The van der Waals surface area contributed by atoms with Gasteiger partial charge in [-0.1, -0.05) is 19.1 Å². The summed E-state index contributed by atoms with van der Waals surface area (Å²) in [4.78, 5) is 11.7. The molecule has 0 fully saturated rings. The molecule has 1 rings (SSSR count). The highest BCUT2D eigenvalue weighted by atomic mass is 19.1. The number of benzene rings is 1. The number of carbonyl (C=O) groups excluding carboxylic acids is 1. The van der Waals surface area contributed by atoms with E-state index >= 15 is 0 Å². The van der Waals surface area contributed by atoms with Gasteiger partial charge in [-0.15, -0.1) is 0 Å². The van der Waals surface area contributed by atoms with Crippen LogP contribution < -0.4 is 10.1 Å². The number of rotatable bonds is 7. The van der Waals surface area contributed by atoms with Crippen molar-refractivity contribution in [3.05, 3.63) is 30.1 Å². The first kappa shape index (κ1) is 15.4. The van der Waals surface area contributed by atoms with Crippen LogP contribution in [0.2, 0.25) is 0 Å². The van der Waals surface area contributed by atoms with Gasteiger partial charge < -0.3 is 15.2 Å². The standard InChI is InChI=1S/C14H20FNO3/c1-3-14(2,8-9-17)16-13(18)10-19-12-7-5-4-6-11(12)15/h4-7,17H,3,8-10H2,1-2H3,(H,16,18). The zero-order chi connectivity index (χ0) is 14.3. The van der Waals surface area contributed by atoms with Gasteiger partial charge >= 0.3 is 0 Å². The van der Waals surface area contributed by atoms with E-state index in [1.165, 1.54) is 12.1 Å². The van der Waals surface area contributed by atoms with Gasteiger partial charge in [0.1, 0.15) is 0 Å². The number of amides is 1. The molecule has 0 aliphatic heterocycles. The van der Waals surface area contributed by atoms with Crippen LogP contribution in [-0.4, -0.2) is 29.8 Å². The van der Waals surface area contributed by atoms with Gasteiger partial charge in [0.05, 0.1) is 0 Å². The Bertz CT molecular complexity index is 425. The normalized spacial score (nSPS) is 13.7. The van der Waals surface area contributed by atoms with E-state index in [4.69, 9.17) is 9.84 Å². The third-order valence-corrected chi connectivity index (χ3v) is 3.08. The van der Waals surface area contributed by atoms with Crippen molar-refractivity contribution in [2.75, 3.05) is 13.2 Å². The van der Waals surface area contributed by atoms with E-state index in [1.807, 2.05) is 13.8 Å². The molecule has 0 spiro atoms. The lowest BCUT2D eigenvalue weighted by molar-refractivity contribution is -0.125. The summed E-state index contributed by atoms with van der Waals surface area (Å²) < 4.78 is 18.4. The average Bonchev–Trinajstić information content (AvgIpc) is 2.38. The Labute approximate surface area is 112 Å². The molecule has 1 aromatic rings. The maximum Gasteiger partial charge on any atom is 0.258 e. The number of nitrogens with one attached hydrogen (secondary N) is 1. The molecule has 106 valence electrons. The minimum Gasteiger partial charge on any atom is -0.481 e. The topological polar surface area (TPSA) is 58.6 Å². The Morgan fingerprint density at radius 2 is 2.16 bits per heavy atom. The zero-order valence-corrected chi connectivity index (χ0v) is 11.3. The van der Waals surface area contributed by atoms with E-state index in [2.05, 4.69) is 5.32 Å². The van der Waals surface area contributed by atoms with Crippen LogP contribution in [0.1, 0.15) is 26.7 Å². The van der Waals surface area contributed by atoms with E-state index < -0.39 is 11.4 Å². The first-order valence-corrected chi connectivity index (χ1v) is 6.30. The van der Waals surface area contributed by atoms with Gasteiger partial charge in [-0.25, -0.2) is 4.39 Å². The molecular formula is C14H20FNO3. The number of aliphatic hydroxyl groups excluding tert-OH is 1. The Morgan fingerprint density at radius 3 is 2.74 bits per heavy atom. The van der Waals surface area contributed by atoms with Crippen molar-refractivity contribution in [3.8, 4) is 5.75 Å². The molecule has 0 aromatic heterocycles. The molecule has 1 atom stereocenters. The predicted octanol–water partition coefficient (Wildman–Crippen LogP) is 1.87. The number of hydrogen-bond donors (Lipinski definition) is 2. The van der Waals surface area contributed by atoms with Gasteiger partial charge in [0.15, 0.2) is 18.2 Å². The summed E-state index contributed by atoms with van der Waals surface area (Å²) in [5.41, 5.74) is -0.468. The average molecular weight is 269 g/mol. The van der Waals surface area contributed by atoms with Crippen LogP contribution in [0.3, 0.4) is 0 Å². The second-order valence-electron chi connectivity index (χ2n) is 4.66. The van der Waals surface area contributed by atoms with E-state index in [9.17, 15) is 9.18 Å². The summed E-state index contributed by atoms with van der Waals surface area (Å²) in [5, 5.41) is 11.7. The molecule has 0 aliphatic carbocycles. The van der Waals surface area contributed by atoms with Gasteiger partial charge in [0.25, 0.3) is 5.91 Å². The fourth-order valence-corrected chi connectivity index (χ4v) is 1.65. The Kier molecular flexibility index (Phi) is 5.76. The number of halogens is 1. The van der Waals surface area contributed by atoms with Gasteiger partial charge in [-0.05, 0) is 31.9 Å². The highest BCUT2D eigenvalue weighted by molar-refractivity contribution is 5.78. The lowest BCUT2D eigenvalue weighted by Gasteiger charge is -2.28. The van der Waals surface area contributed by atoms with Crippen LogP contribution in [0.25, 0.3) is 0 Å². The molecule has 1 unspecified atom stereocenters. The molecule has 0 saturated carbocycles. The van der Waals surface area contributed by atoms with Gasteiger partial charge in [-0.2, -0.15) is 0 Å². The molecule has 2 N–H and O–H groups in total. The molecule has 19 heavy (non-hydrogen) atoms. The summed E-state index contributed by atoms with van der Waals surface area (Å²) in [6.07, 6.45) is 1.16. The molecule has 0 aliphatic rings. The maximum absolute atomic E-state index is 13.3.